The molecule has 0 aliphatic carbocycles. The number of para-hydroxylation sites is 1. The van der Waals surface area contributed by atoms with Gasteiger partial charge in [0.15, 0.2) is 0 Å². The highest BCUT2D eigenvalue weighted by Crippen LogP contribution is 2.32. The first-order chi connectivity index (χ1) is 15.5. The lowest BCUT2D eigenvalue weighted by atomic mass is 10.1. The number of nitro benzene ring substituents is 1. The van der Waals surface area contributed by atoms with Gasteiger partial charge in [0, 0.05) is 59.5 Å². The van der Waals surface area contributed by atoms with Crippen LogP contribution in [0, 0.1) is 10.1 Å². The van der Waals surface area contributed by atoms with Gasteiger partial charge in [-0.2, -0.15) is 0 Å². The molecule has 2 heterocycles. The molecule has 32 heavy (non-hydrogen) atoms. The van der Waals surface area contributed by atoms with Gasteiger partial charge in [-0.05, 0) is 38.1 Å². The number of nitrogens with zero attached hydrogens (tertiary/aromatic N) is 3. The van der Waals surface area contributed by atoms with Crippen LogP contribution in [0.4, 0.5) is 17.1 Å². The summed E-state index contributed by atoms with van der Waals surface area (Å²) < 4.78 is 11.8. The van der Waals surface area contributed by atoms with Crippen LogP contribution in [0.25, 0.3) is 21.9 Å². The topological polar surface area (TPSA) is 81.1 Å². The van der Waals surface area contributed by atoms with Crippen LogP contribution >= 0.6 is 0 Å². The first-order valence-corrected chi connectivity index (χ1v) is 10.6. The second-order valence-electron chi connectivity index (χ2n) is 8.20. The van der Waals surface area contributed by atoms with Gasteiger partial charge >= 0.3 is 0 Å². The van der Waals surface area contributed by atoms with E-state index in [9.17, 15) is 10.1 Å². The maximum absolute atomic E-state index is 11.4. The Balaban J connectivity index is 1.52. The SMILES string of the molecule is C[C@@H]1CN(c2ccc([N+](=O)[O-])cc2C=Nc2ccc3c(c2)oc2ccccc23)C[C@@H](C)O1. The van der Waals surface area contributed by atoms with Crippen LogP contribution in [0.5, 0.6) is 0 Å². The second kappa shape index (κ2) is 8.09. The fourth-order valence-corrected chi connectivity index (χ4v) is 4.36. The van der Waals surface area contributed by atoms with Crippen molar-refractivity contribution in [3.8, 4) is 0 Å². The fourth-order valence-electron chi connectivity index (χ4n) is 4.36. The molecule has 1 aliphatic heterocycles. The van der Waals surface area contributed by atoms with Gasteiger partial charge in [0.25, 0.3) is 5.69 Å². The van der Waals surface area contributed by atoms with Crippen molar-refractivity contribution in [1.29, 1.82) is 0 Å². The summed E-state index contributed by atoms with van der Waals surface area (Å²) in [5, 5.41) is 13.5. The van der Waals surface area contributed by atoms with E-state index < -0.39 is 0 Å². The highest BCUT2D eigenvalue weighted by molar-refractivity contribution is 6.05. The molecule has 0 bridgehead atoms. The van der Waals surface area contributed by atoms with E-state index in [0.717, 1.165) is 33.3 Å². The van der Waals surface area contributed by atoms with Crippen LogP contribution < -0.4 is 4.90 Å². The van der Waals surface area contributed by atoms with Gasteiger partial charge in [0.05, 0.1) is 22.8 Å². The minimum atomic E-state index is -0.383. The molecule has 1 aliphatic rings. The number of benzene rings is 3. The second-order valence-corrected chi connectivity index (χ2v) is 8.20. The third kappa shape index (κ3) is 3.83. The minimum absolute atomic E-state index is 0.0392. The Labute approximate surface area is 185 Å². The maximum atomic E-state index is 11.4. The number of hydrogen-bond acceptors (Lipinski definition) is 6. The molecule has 3 aromatic carbocycles. The summed E-state index contributed by atoms with van der Waals surface area (Å²) in [6.45, 7) is 5.50. The summed E-state index contributed by atoms with van der Waals surface area (Å²) in [7, 11) is 0. The average molecular weight is 429 g/mol. The Morgan fingerprint density at radius 3 is 2.53 bits per heavy atom. The normalized spacial score (nSPS) is 19.2. The Morgan fingerprint density at radius 2 is 1.75 bits per heavy atom. The van der Waals surface area contributed by atoms with Crippen molar-refractivity contribution >= 4 is 45.2 Å². The molecule has 7 heteroatoms. The zero-order valence-electron chi connectivity index (χ0n) is 17.9. The summed E-state index contributed by atoms with van der Waals surface area (Å²) in [4.78, 5) is 17.8. The van der Waals surface area contributed by atoms with E-state index in [4.69, 9.17) is 9.15 Å². The van der Waals surface area contributed by atoms with Crippen molar-refractivity contribution < 1.29 is 14.1 Å². The first kappa shape index (κ1) is 20.2. The minimum Gasteiger partial charge on any atom is -0.456 e. The van der Waals surface area contributed by atoms with E-state index in [1.54, 1.807) is 18.3 Å². The van der Waals surface area contributed by atoms with Crippen LogP contribution in [0.3, 0.4) is 0 Å². The van der Waals surface area contributed by atoms with E-state index in [1.807, 2.05) is 56.3 Å². The number of hydrogen-bond donors (Lipinski definition) is 0. The summed E-state index contributed by atoms with van der Waals surface area (Å²) >= 11 is 0. The summed E-state index contributed by atoms with van der Waals surface area (Å²) in [6.07, 6.45) is 1.85. The number of morpholine rings is 1. The first-order valence-electron chi connectivity index (χ1n) is 10.6. The molecular weight excluding hydrogens is 406 g/mol. The van der Waals surface area contributed by atoms with E-state index >= 15 is 0 Å². The lowest BCUT2D eigenvalue weighted by Crippen LogP contribution is -2.45. The number of nitro groups is 1. The standard InChI is InChI=1S/C25H23N3O4/c1-16-14-27(15-17(2)31-16)23-10-8-20(28(29)30)11-18(23)13-26-19-7-9-22-21-5-3-4-6-24(21)32-25(22)12-19/h3-13,16-17H,14-15H2,1-2H3/t16-,17-/m1/s1. The maximum Gasteiger partial charge on any atom is 0.270 e. The largest absolute Gasteiger partial charge is 0.456 e. The molecular formula is C25H23N3O4. The quantitative estimate of drug-likeness (QED) is 0.231. The number of anilines is 1. The third-order valence-corrected chi connectivity index (χ3v) is 5.70. The molecule has 0 spiro atoms. The van der Waals surface area contributed by atoms with Gasteiger partial charge in [-0.15, -0.1) is 0 Å². The van der Waals surface area contributed by atoms with Gasteiger partial charge in [-0.25, -0.2) is 0 Å². The van der Waals surface area contributed by atoms with Crippen molar-refractivity contribution in [1.82, 2.24) is 0 Å². The molecule has 2 atom stereocenters. The van der Waals surface area contributed by atoms with Crippen molar-refractivity contribution in [3.05, 3.63) is 76.3 Å². The molecule has 1 saturated heterocycles. The Morgan fingerprint density at radius 1 is 1.00 bits per heavy atom. The Kier molecular flexibility index (Phi) is 5.11. The van der Waals surface area contributed by atoms with Crippen molar-refractivity contribution in [2.24, 2.45) is 4.99 Å². The molecule has 7 nitrogen and oxygen atoms in total. The number of aliphatic imine (C=N–C) groups is 1. The van der Waals surface area contributed by atoms with Gasteiger partial charge in [-0.1, -0.05) is 18.2 Å². The van der Waals surface area contributed by atoms with Crippen LogP contribution in [0.2, 0.25) is 0 Å². The highest BCUT2D eigenvalue weighted by Gasteiger charge is 2.24. The van der Waals surface area contributed by atoms with E-state index in [-0.39, 0.29) is 22.8 Å². The van der Waals surface area contributed by atoms with Gasteiger partial charge in [-0.3, -0.25) is 15.1 Å². The molecule has 5 rings (SSSR count). The Bertz CT molecular complexity index is 1330. The third-order valence-electron chi connectivity index (χ3n) is 5.70. The zero-order valence-corrected chi connectivity index (χ0v) is 17.9. The molecule has 0 amide bonds. The van der Waals surface area contributed by atoms with Crippen molar-refractivity contribution in [2.75, 3.05) is 18.0 Å². The lowest BCUT2D eigenvalue weighted by molar-refractivity contribution is -0.384. The monoisotopic (exact) mass is 429 g/mol. The summed E-state index contributed by atoms with van der Waals surface area (Å²) in [6, 6.07) is 18.6. The molecule has 162 valence electrons. The molecule has 1 aromatic heterocycles. The smallest absolute Gasteiger partial charge is 0.270 e. The molecule has 0 saturated carbocycles. The summed E-state index contributed by atoms with van der Waals surface area (Å²) in [5.41, 5.74) is 3.96. The number of rotatable bonds is 4. The average Bonchev–Trinajstić information content (AvgIpc) is 3.14. The molecule has 0 radical (unpaired) electrons. The molecule has 4 aromatic rings. The number of non-ortho nitro benzene ring substituents is 1. The van der Waals surface area contributed by atoms with E-state index in [2.05, 4.69) is 9.89 Å². The van der Waals surface area contributed by atoms with Crippen LogP contribution in [-0.2, 0) is 4.74 Å². The van der Waals surface area contributed by atoms with Crippen LogP contribution in [0.15, 0.2) is 70.1 Å². The number of fused-ring (bicyclic) bond motifs is 3. The predicted molar refractivity (Wildman–Crippen MR) is 126 cm³/mol. The number of ether oxygens (including phenoxy) is 1. The van der Waals surface area contributed by atoms with Gasteiger partial charge < -0.3 is 14.1 Å². The molecule has 1 fully saturated rings. The summed E-state index contributed by atoms with van der Waals surface area (Å²) in [5.74, 6) is 0. The van der Waals surface area contributed by atoms with E-state index in [0.29, 0.717) is 18.7 Å². The van der Waals surface area contributed by atoms with E-state index in [1.165, 1.54) is 6.07 Å². The van der Waals surface area contributed by atoms with Crippen LogP contribution in [-0.4, -0.2) is 36.4 Å². The van der Waals surface area contributed by atoms with Crippen molar-refractivity contribution in [3.63, 3.8) is 0 Å². The number of furan rings is 1. The van der Waals surface area contributed by atoms with Crippen LogP contribution in [0.1, 0.15) is 19.4 Å². The van der Waals surface area contributed by atoms with Gasteiger partial charge in [0.1, 0.15) is 11.2 Å². The van der Waals surface area contributed by atoms with Crippen molar-refractivity contribution in [2.45, 2.75) is 26.1 Å². The zero-order chi connectivity index (χ0) is 22.2. The molecule has 0 unspecified atom stereocenters. The lowest BCUT2D eigenvalue weighted by Gasteiger charge is -2.37. The fraction of sp³-hybridized carbons (Fsp3) is 0.240. The predicted octanol–water partition coefficient (Wildman–Crippen LogP) is 5.86. The molecule has 0 N–H and O–H groups in total. The van der Waals surface area contributed by atoms with Gasteiger partial charge in [0.2, 0.25) is 0 Å². The Hall–Kier alpha value is -3.71. The highest BCUT2D eigenvalue weighted by atomic mass is 16.6.